The minimum atomic E-state index is -2.17. The Morgan fingerprint density at radius 3 is 1.94 bits per heavy atom. The lowest BCUT2D eigenvalue weighted by Gasteiger charge is -2.27. The minimum absolute atomic E-state index is 0.152. The molecule has 3 atom stereocenters. The van der Waals surface area contributed by atoms with Gasteiger partial charge in [0.25, 0.3) is 0 Å². The third-order valence-electron chi connectivity index (χ3n) is 6.74. The van der Waals surface area contributed by atoms with E-state index < -0.39 is 52.7 Å². The molecule has 2 saturated heterocycles. The van der Waals surface area contributed by atoms with Crippen molar-refractivity contribution in [2.24, 2.45) is 11.8 Å². The molecule has 3 aliphatic rings. The molecule has 3 aromatic rings. The van der Waals surface area contributed by atoms with Gasteiger partial charge in [0.05, 0.1) is 23.6 Å². The highest BCUT2D eigenvalue weighted by Crippen LogP contribution is 2.57. The lowest BCUT2D eigenvalue weighted by molar-refractivity contribution is -0.127. The molecule has 6 nitrogen and oxygen atoms in total. The van der Waals surface area contributed by atoms with Crippen LogP contribution in [0.25, 0.3) is 0 Å². The maximum Gasteiger partial charge on any atom is 0.241 e. The summed E-state index contributed by atoms with van der Waals surface area (Å²) >= 11 is 0. The van der Waals surface area contributed by atoms with Gasteiger partial charge < -0.3 is 4.74 Å². The van der Waals surface area contributed by atoms with E-state index in [0.717, 1.165) is 11.0 Å². The first-order valence-electron chi connectivity index (χ1n) is 10.5. The molecule has 0 bridgehead atoms. The van der Waals surface area contributed by atoms with Gasteiger partial charge in [-0.15, -0.1) is 0 Å². The number of benzene rings is 3. The number of carbonyl (C=O) groups is 4. The lowest BCUT2D eigenvalue weighted by atomic mass is 9.77. The topological polar surface area (TPSA) is 80.8 Å². The van der Waals surface area contributed by atoms with Crippen molar-refractivity contribution in [3.05, 3.63) is 101 Å². The van der Waals surface area contributed by atoms with E-state index in [4.69, 9.17) is 4.74 Å². The van der Waals surface area contributed by atoms with Gasteiger partial charge in [0.2, 0.25) is 29.0 Å². The summed E-state index contributed by atoms with van der Waals surface area (Å²) in [5, 5.41) is 0. The molecule has 3 aromatic carbocycles. The molecule has 0 radical (unpaired) electrons. The highest BCUT2D eigenvalue weighted by atomic mass is 19.1. The number of hydrogen-bond donors (Lipinski definition) is 0. The van der Waals surface area contributed by atoms with Gasteiger partial charge in [0.1, 0.15) is 5.82 Å². The van der Waals surface area contributed by atoms with E-state index in [1.807, 2.05) is 0 Å². The SMILES string of the molecule is O=C1[C@@H]2[C@@H](C(=O)N1c1ccccc1F)C1(O[C@H]2c2ccccc2)C(=O)c2ccccc2C1=O. The standard InChI is InChI=1S/C26H16FNO5/c27-17-12-6-7-13-18(17)28-24(31)19-20(25(28)32)26(33-21(19)14-8-2-1-3-9-14)22(29)15-10-4-5-11-16(15)23(26)30/h1-13,19-21H/t19-,20+,21+/m1/s1. The van der Waals surface area contributed by atoms with Crippen LogP contribution in [0.3, 0.4) is 0 Å². The number of hydrogen-bond acceptors (Lipinski definition) is 5. The van der Waals surface area contributed by atoms with Gasteiger partial charge in [0, 0.05) is 11.1 Å². The number of rotatable bonds is 2. The van der Waals surface area contributed by atoms with E-state index in [0.29, 0.717) is 5.56 Å². The molecule has 0 N–H and O–H groups in total. The fourth-order valence-corrected chi connectivity index (χ4v) is 5.33. The van der Waals surface area contributed by atoms with E-state index in [-0.39, 0.29) is 16.8 Å². The Hall–Kier alpha value is -3.97. The molecule has 7 heteroatoms. The summed E-state index contributed by atoms with van der Waals surface area (Å²) in [5.74, 6) is -6.11. The van der Waals surface area contributed by atoms with Gasteiger partial charge in [-0.1, -0.05) is 66.7 Å². The molecule has 1 aliphatic carbocycles. The zero-order valence-corrected chi connectivity index (χ0v) is 17.1. The monoisotopic (exact) mass is 441 g/mol. The van der Waals surface area contributed by atoms with E-state index in [2.05, 4.69) is 0 Å². The van der Waals surface area contributed by atoms with Crippen LogP contribution in [0, 0.1) is 17.7 Å². The molecule has 6 rings (SSSR count). The number of fused-ring (bicyclic) bond motifs is 3. The minimum Gasteiger partial charge on any atom is -0.349 e. The summed E-state index contributed by atoms with van der Waals surface area (Å²) < 4.78 is 20.8. The van der Waals surface area contributed by atoms with Crippen molar-refractivity contribution in [1.82, 2.24) is 0 Å². The number of ketones is 2. The zero-order valence-electron chi connectivity index (χ0n) is 17.1. The number of Topliss-reactive ketones (excluding diaryl/α,β-unsaturated/α-hetero) is 2. The van der Waals surface area contributed by atoms with Gasteiger partial charge in [-0.2, -0.15) is 0 Å². The number of carbonyl (C=O) groups excluding carboxylic acids is 4. The van der Waals surface area contributed by atoms with Crippen LogP contribution in [0.1, 0.15) is 32.4 Å². The average Bonchev–Trinajstić information content (AvgIpc) is 3.40. The van der Waals surface area contributed by atoms with Gasteiger partial charge in [-0.05, 0) is 17.7 Å². The second-order valence-electron chi connectivity index (χ2n) is 8.36. The van der Waals surface area contributed by atoms with Crippen LogP contribution in [0.5, 0.6) is 0 Å². The normalized spacial score (nSPS) is 25.1. The Kier molecular flexibility index (Phi) is 4.04. The third-order valence-corrected chi connectivity index (χ3v) is 6.74. The summed E-state index contributed by atoms with van der Waals surface area (Å²) in [4.78, 5) is 55.3. The second kappa shape index (κ2) is 6.76. The Morgan fingerprint density at radius 2 is 1.30 bits per heavy atom. The van der Waals surface area contributed by atoms with Gasteiger partial charge in [-0.25, -0.2) is 9.29 Å². The van der Waals surface area contributed by atoms with Gasteiger partial charge in [-0.3, -0.25) is 19.2 Å². The molecule has 2 heterocycles. The Morgan fingerprint density at radius 1 is 0.727 bits per heavy atom. The lowest BCUT2D eigenvalue weighted by Crippen LogP contribution is -2.51. The first-order chi connectivity index (χ1) is 16.0. The van der Waals surface area contributed by atoms with Crippen LogP contribution in [0.15, 0.2) is 78.9 Å². The van der Waals surface area contributed by atoms with Crippen LogP contribution < -0.4 is 4.90 Å². The highest BCUT2D eigenvalue weighted by molar-refractivity contribution is 6.37. The van der Waals surface area contributed by atoms with Crippen LogP contribution in [0.4, 0.5) is 10.1 Å². The van der Waals surface area contributed by atoms with Crippen molar-refractivity contribution in [2.45, 2.75) is 11.7 Å². The first kappa shape index (κ1) is 19.7. The quantitative estimate of drug-likeness (QED) is 0.449. The number of ether oxygens (including phenoxy) is 1. The van der Waals surface area contributed by atoms with Crippen molar-refractivity contribution in [3.8, 4) is 0 Å². The summed E-state index contributed by atoms with van der Waals surface area (Å²) in [5.41, 5.74) is -1.52. The molecule has 2 aliphatic heterocycles. The van der Waals surface area contributed by atoms with Crippen LogP contribution in [-0.4, -0.2) is 29.0 Å². The van der Waals surface area contributed by atoms with Crippen molar-refractivity contribution in [2.75, 3.05) is 4.90 Å². The molecule has 33 heavy (non-hydrogen) atoms. The summed E-state index contributed by atoms with van der Waals surface area (Å²) in [6.45, 7) is 0. The Labute approximate surface area is 187 Å². The fourth-order valence-electron chi connectivity index (χ4n) is 5.33. The fraction of sp³-hybridized carbons (Fsp3) is 0.154. The van der Waals surface area contributed by atoms with E-state index in [1.165, 1.54) is 30.3 Å². The van der Waals surface area contributed by atoms with Crippen molar-refractivity contribution >= 4 is 29.1 Å². The third kappa shape index (κ3) is 2.40. The Balaban J connectivity index is 1.57. The molecular formula is C26H16FNO5. The number of imide groups is 1. The van der Waals surface area contributed by atoms with E-state index in [9.17, 15) is 23.6 Å². The van der Waals surface area contributed by atoms with Crippen molar-refractivity contribution in [3.63, 3.8) is 0 Å². The largest absolute Gasteiger partial charge is 0.349 e. The maximum atomic E-state index is 14.6. The maximum absolute atomic E-state index is 14.6. The molecule has 2 amide bonds. The number of amides is 2. The van der Waals surface area contributed by atoms with E-state index >= 15 is 0 Å². The van der Waals surface area contributed by atoms with Crippen LogP contribution in [0.2, 0.25) is 0 Å². The molecule has 0 saturated carbocycles. The summed E-state index contributed by atoms with van der Waals surface area (Å²) in [6, 6.07) is 20.4. The van der Waals surface area contributed by atoms with E-state index in [1.54, 1.807) is 42.5 Å². The number of para-hydroxylation sites is 1. The molecular weight excluding hydrogens is 425 g/mol. The van der Waals surface area contributed by atoms with Crippen molar-refractivity contribution < 1.29 is 28.3 Å². The molecule has 162 valence electrons. The smallest absolute Gasteiger partial charge is 0.241 e. The zero-order chi connectivity index (χ0) is 22.9. The van der Waals surface area contributed by atoms with Gasteiger partial charge in [0.15, 0.2) is 0 Å². The predicted molar refractivity (Wildman–Crippen MR) is 114 cm³/mol. The van der Waals surface area contributed by atoms with Crippen LogP contribution >= 0.6 is 0 Å². The predicted octanol–water partition coefficient (Wildman–Crippen LogP) is 3.52. The first-order valence-corrected chi connectivity index (χ1v) is 10.5. The molecule has 1 spiro atoms. The molecule has 0 unspecified atom stereocenters. The van der Waals surface area contributed by atoms with Gasteiger partial charge >= 0.3 is 0 Å². The van der Waals surface area contributed by atoms with Crippen LogP contribution in [-0.2, 0) is 14.3 Å². The molecule has 0 aromatic heterocycles. The Bertz CT molecular complexity index is 1330. The summed E-state index contributed by atoms with van der Waals surface area (Å²) in [7, 11) is 0. The van der Waals surface area contributed by atoms with Crippen molar-refractivity contribution in [1.29, 1.82) is 0 Å². The number of nitrogens with zero attached hydrogens (tertiary/aromatic N) is 1. The summed E-state index contributed by atoms with van der Waals surface area (Å²) in [6.07, 6.45) is -1.02. The average molecular weight is 441 g/mol. The highest BCUT2D eigenvalue weighted by Gasteiger charge is 2.74. The second-order valence-corrected chi connectivity index (χ2v) is 8.36. The number of anilines is 1. The number of halogens is 1. The molecule has 2 fully saturated rings.